The van der Waals surface area contributed by atoms with Gasteiger partial charge in [-0.3, -0.25) is 0 Å². The fourth-order valence-corrected chi connectivity index (χ4v) is 4.34. The van der Waals surface area contributed by atoms with E-state index in [4.69, 9.17) is 5.11 Å². The molecular formula is C15H15F7O4S. The van der Waals surface area contributed by atoms with Gasteiger partial charge in [-0.15, -0.1) is 0 Å². The first-order chi connectivity index (χ1) is 11.9. The van der Waals surface area contributed by atoms with Gasteiger partial charge >= 0.3 is 24.0 Å². The molecule has 0 amide bonds. The fraction of sp³-hybridized carbons (Fsp3) is 0.533. The van der Waals surface area contributed by atoms with E-state index in [0.29, 0.717) is 6.07 Å². The lowest BCUT2D eigenvalue weighted by Crippen LogP contribution is -2.51. The highest BCUT2D eigenvalue weighted by atomic mass is 32.2. The largest absolute Gasteiger partial charge is 0.478 e. The molecule has 0 bridgehead atoms. The monoisotopic (exact) mass is 424 g/mol. The Bertz CT molecular complexity index is 827. The van der Waals surface area contributed by atoms with Gasteiger partial charge in [-0.1, -0.05) is 13.0 Å². The van der Waals surface area contributed by atoms with Gasteiger partial charge in [0.2, 0.25) is 0 Å². The average molecular weight is 424 g/mol. The lowest BCUT2D eigenvalue weighted by atomic mass is 9.91. The predicted molar refractivity (Wildman–Crippen MR) is 80.0 cm³/mol. The maximum atomic E-state index is 14.5. The Morgan fingerprint density at radius 2 is 1.52 bits per heavy atom. The Balaban J connectivity index is 4.18. The van der Waals surface area contributed by atoms with Crippen molar-refractivity contribution in [3.8, 4) is 0 Å². The predicted octanol–water partition coefficient (Wildman–Crippen LogP) is 4.55. The van der Waals surface area contributed by atoms with Crippen molar-refractivity contribution in [1.82, 2.24) is 0 Å². The maximum absolute atomic E-state index is 14.5. The van der Waals surface area contributed by atoms with Crippen LogP contribution in [0.5, 0.6) is 0 Å². The molecule has 27 heavy (non-hydrogen) atoms. The summed E-state index contributed by atoms with van der Waals surface area (Å²) in [6, 6.07) is 0.223. The summed E-state index contributed by atoms with van der Waals surface area (Å²) in [6.45, 7) is 3.02. The molecule has 0 aliphatic rings. The van der Waals surface area contributed by atoms with E-state index in [0.717, 1.165) is 13.8 Å². The summed E-state index contributed by atoms with van der Waals surface area (Å²) in [5.74, 6) is -1.79. The van der Waals surface area contributed by atoms with Gasteiger partial charge in [-0.05, 0) is 31.9 Å². The molecule has 0 aromatic heterocycles. The molecule has 0 spiro atoms. The van der Waals surface area contributed by atoms with Crippen molar-refractivity contribution in [3.05, 3.63) is 28.8 Å². The molecule has 12 heteroatoms. The van der Waals surface area contributed by atoms with Gasteiger partial charge in [-0.2, -0.15) is 26.3 Å². The number of alkyl halides is 7. The van der Waals surface area contributed by atoms with Crippen LogP contribution in [0.4, 0.5) is 30.7 Å². The van der Waals surface area contributed by atoms with E-state index in [1.807, 2.05) is 0 Å². The number of sulfone groups is 1. The second kappa shape index (κ2) is 6.95. The van der Waals surface area contributed by atoms with Crippen molar-refractivity contribution in [2.45, 2.75) is 55.4 Å². The van der Waals surface area contributed by atoms with E-state index in [-0.39, 0.29) is 12.5 Å². The minimum Gasteiger partial charge on any atom is -0.478 e. The summed E-state index contributed by atoms with van der Waals surface area (Å²) in [6.07, 6.45) is -13.3. The fourth-order valence-electron chi connectivity index (χ4n) is 2.45. The Kier molecular flexibility index (Phi) is 5.97. The SMILES string of the molecule is CC[C@@H](C)S(=O)(=O)c1c(C(F)(C(F)(F)F)C(F)(F)F)ccc(C(=O)O)c1C. The van der Waals surface area contributed by atoms with Crippen LogP contribution in [0.3, 0.4) is 0 Å². The zero-order valence-corrected chi connectivity index (χ0v) is 15.0. The number of carboxylic acid groups (broad SMARTS) is 1. The summed E-state index contributed by atoms with van der Waals surface area (Å²) in [4.78, 5) is 9.55. The minimum atomic E-state index is -6.54. The maximum Gasteiger partial charge on any atom is 0.435 e. The molecule has 1 N–H and O–H groups in total. The molecule has 154 valence electrons. The number of hydrogen-bond donors (Lipinski definition) is 1. The number of aromatic carboxylic acids is 1. The van der Waals surface area contributed by atoms with Gasteiger partial charge in [0.1, 0.15) is 0 Å². The van der Waals surface area contributed by atoms with E-state index >= 15 is 0 Å². The zero-order valence-electron chi connectivity index (χ0n) is 14.2. The highest BCUT2D eigenvalue weighted by molar-refractivity contribution is 7.92. The lowest BCUT2D eigenvalue weighted by Gasteiger charge is -2.32. The zero-order chi connectivity index (χ0) is 21.6. The van der Waals surface area contributed by atoms with Crippen LogP contribution < -0.4 is 0 Å². The van der Waals surface area contributed by atoms with Crippen LogP contribution in [-0.2, 0) is 15.5 Å². The standard InChI is InChI=1S/C15H15F7O4S/c1-4-7(2)27(25,26)11-8(3)9(12(23)24)5-6-10(11)13(16,14(17,18)19)15(20,21)22/h5-7H,4H2,1-3H3,(H,23,24)/t7-/m1/s1. The first kappa shape index (κ1) is 23.2. The van der Waals surface area contributed by atoms with E-state index < -0.39 is 60.7 Å². The minimum absolute atomic E-state index is 0.0906. The van der Waals surface area contributed by atoms with Gasteiger partial charge in [0.15, 0.2) is 9.84 Å². The van der Waals surface area contributed by atoms with Crippen molar-refractivity contribution < 1.29 is 49.1 Å². The number of carboxylic acids is 1. The highest BCUT2D eigenvalue weighted by Crippen LogP contribution is 2.55. The highest BCUT2D eigenvalue weighted by Gasteiger charge is 2.74. The Labute approximate surface area is 149 Å². The summed E-state index contributed by atoms with van der Waals surface area (Å²) >= 11 is 0. The van der Waals surface area contributed by atoms with Crippen molar-refractivity contribution in [2.24, 2.45) is 0 Å². The Morgan fingerprint density at radius 1 is 1.07 bits per heavy atom. The van der Waals surface area contributed by atoms with Gasteiger partial charge < -0.3 is 5.11 Å². The molecule has 0 radical (unpaired) electrons. The number of rotatable bonds is 5. The van der Waals surface area contributed by atoms with Crippen LogP contribution in [-0.4, -0.2) is 37.1 Å². The molecule has 0 aliphatic heterocycles. The smallest absolute Gasteiger partial charge is 0.435 e. The van der Waals surface area contributed by atoms with E-state index in [2.05, 4.69) is 0 Å². The average Bonchev–Trinajstić information content (AvgIpc) is 2.49. The number of benzene rings is 1. The van der Waals surface area contributed by atoms with Crippen LogP contribution in [0.2, 0.25) is 0 Å². The van der Waals surface area contributed by atoms with Crippen molar-refractivity contribution in [2.75, 3.05) is 0 Å². The lowest BCUT2D eigenvalue weighted by molar-refractivity contribution is -0.349. The molecule has 0 saturated heterocycles. The van der Waals surface area contributed by atoms with Crippen molar-refractivity contribution in [1.29, 1.82) is 0 Å². The van der Waals surface area contributed by atoms with E-state index in [9.17, 15) is 43.9 Å². The summed E-state index contributed by atoms with van der Waals surface area (Å²) < 4.78 is 118. The summed E-state index contributed by atoms with van der Waals surface area (Å²) in [5.41, 5.74) is -9.97. The molecule has 0 heterocycles. The van der Waals surface area contributed by atoms with Crippen LogP contribution in [0, 0.1) is 6.92 Å². The number of carbonyl (C=O) groups is 1. The molecule has 0 aliphatic carbocycles. The molecule has 0 saturated carbocycles. The molecule has 1 aromatic rings. The van der Waals surface area contributed by atoms with Gasteiger partial charge in [0.05, 0.1) is 15.7 Å². The third kappa shape index (κ3) is 3.63. The Hall–Kier alpha value is -1.85. The number of halogens is 7. The van der Waals surface area contributed by atoms with Gasteiger partial charge in [0.25, 0.3) is 0 Å². The normalized spacial score (nSPS) is 14.9. The van der Waals surface area contributed by atoms with Crippen LogP contribution in [0.15, 0.2) is 17.0 Å². The van der Waals surface area contributed by atoms with Gasteiger partial charge in [0, 0.05) is 5.56 Å². The molecule has 0 unspecified atom stereocenters. The van der Waals surface area contributed by atoms with Crippen molar-refractivity contribution >= 4 is 15.8 Å². The third-order valence-corrected chi connectivity index (χ3v) is 6.67. The molecule has 1 atom stereocenters. The first-order valence-corrected chi connectivity index (χ1v) is 8.92. The number of hydrogen-bond acceptors (Lipinski definition) is 3. The quantitative estimate of drug-likeness (QED) is 0.704. The molecule has 1 aromatic carbocycles. The topological polar surface area (TPSA) is 71.4 Å². The Morgan fingerprint density at radius 3 is 1.85 bits per heavy atom. The van der Waals surface area contributed by atoms with Crippen molar-refractivity contribution in [3.63, 3.8) is 0 Å². The summed E-state index contributed by atoms with van der Waals surface area (Å²) in [7, 11) is -4.91. The van der Waals surface area contributed by atoms with Gasteiger partial charge in [-0.25, -0.2) is 17.6 Å². The molecule has 1 rings (SSSR count). The van der Waals surface area contributed by atoms with Crippen LogP contribution in [0.1, 0.15) is 41.8 Å². The molecule has 4 nitrogen and oxygen atoms in total. The van der Waals surface area contributed by atoms with E-state index in [1.165, 1.54) is 6.92 Å². The van der Waals surface area contributed by atoms with Crippen LogP contribution in [0.25, 0.3) is 0 Å². The third-order valence-electron chi connectivity index (χ3n) is 4.18. The van der Waals surface area contributed by atoms with E-state index in [1.54, 1.807) is 0 Å². The second-order valence-electron chi connectivity index (χ2n) is 5.84. The van der Waals surface area contributed by atoms with Crippen LogP contribution >= 0.6 is 0 Å². The summed E-state index contributed by atoms with van der Waals surface area (Å²) in [5, 5.41) is 7.55. The second-order valence-corrected chi connectivity index (χ2v) is 8.14. The first-order valence-electron chi connectivity index (χ1n) is 7.38. The molecule has 0 fully saturated rings. The molecular weight excluding hydrogens is 409 g/mol.